The fourth-order valence-corrected chi connectivity index (χ4v) is 5.04. The highest BCUT2D eigenvalue weighted by Gasteiger charge is 2.32. The third kappa shape index (κ3) is 6.87. The van der Waals surface area contributed by atoms with Crippen molar-refractivity contribution in [3.05, 3.63) is 106 Å². The number of hydrogen-bond acceptors (Lipinski definition) is 2. The number of carbonyl (C=O) groups excluding carboxylic acids is 2. The van der Waals surface area contributed by atoms with E-state index in [0.717, 1.165) is 42.4 Å². The van der Waals surface area contributed by atoms with Gasteiger partial charge in [0.1, 0.15) is 6.04 Å². The van der Waals surface area contributed by atoms with E-state index in [1.54, 1.807) is 17.0 Å². The average Bonchev–Trinajstić information content (AvgIpc) is 3.37. The van der Waals surface area contributed by atoms with Crippen molar-refractivity contribution in [1.82, 2.24) is 10.2 Å². The molecular weight excluding hydrogens is 479 g/mol. The second-order valence-electron chi connectivity index (χ2n) is 9.08. The third-order valence-electron chi connectivity index (χ3n) is 6.57. The molecule has 6 heteroatoms. The first-order chi connectivity index (χ1) is 17.0. The van der Waals surface area contributed by atoms with Gasteiger partial charge in [0.25, 0.3) is 0 Å². The van der Waals surface area contributed by atoms with E-state index in [1.165, 1.54) is 0 Å². The van der Waals surface area contributed by atoms with E-state index in [-0.39, 0.29) is 30.8 Å². The Bertz CT molecular complexity index is 1150. The summed E-state index contributed by atoms with van der Waals surface area (Å²) in [6.07, 6.45) is 4.69. The molecule has 1 fully saturated rings. The Morgan fingerprint density at radius 2 is 1.40 bits per heavy atom. The van der Waals surface area contributed by atoms with E-state index in [1.807, 2.05) is 66.7 Å². The predicted molar refractivity (Wildman–Crippen MR) is 141 cm³/mol. The minimum Gasteiger partial charge on any atom is -0.352 e. The van der Waals surface area contributed by atoms with E-state index >= 15 is 0 Å². The van der Waals surface area contributed by atoms with Gasteiger partial charge in [-0.15, -0.1) is 0 Å². The fourth-order valence-electron chi connectivity index (χ4n) is 4.64. The molecule has 0 bridgehead atoms. The maximum Gasteiger partial charge on any atom is 0.243 e. The molecule has 35 heavy (non-hydrogen) atoms. The van der Waals surface area contributed by atoms with Crippen LogP contribution in [-0.2, 0) is 29.0 Å². The van der Waals surface area contributed by atoms with Gasteiger partial charge < -0.3 is 10.2 Å². The number of halogens is 2. The smallest absolute Gasteiger partial charge is 0.243 e. The van der Waals surface area contributed by atoms with Crippen molar-refractivity contribution in [2.75, 3.05) is 0 Å². The van der Waals surface area contributed by atoms with Crippen LogP contribution >= 0.6 is 23.2 Å². The van der Waals surface area contributed by atoms with Gasteiger partial charge in [-0.25, -0.2) is 0 Å². The van der Waals surface area contributed by atoms with Gasteiger partial charge in [0.2, 0.25) is 11.8 Å². The first-order valence-corrected chi connectivity index (χ1v) is 12.9. The maximum absolute atomic E-state index is 13.8. The maximum atomic E-state index is 13.8. The van der Waals surface area contributed by atoms with Crippen molar-refractivity contribution < 1.29 is 9.59 Å². The number of nitrogens with zero attached hydrogens (tertiary/aromatic N) is 1. The molecular formula is C29H30Cl2N2O2. The van der Waals surface area contributed by atoms with E-state index < -0.39 is 6.04 Å². The largest absolute Gasteiger partial charge is 0.352 e. The van der Waals surface area contributed by atoms with Crippen molar-refractivity contribution in [3.8, 4) is 0 Å². The molecule has 1 unspecified atom stereocenters. The molecule has 3 aromatic carbocycles. The first-order valence-electron chi connectivity index (χ1n) is 12.1. The summed E-state index contributed by atoms with van der Waals surface area (Å²) in [7, 11) is 0. The summed E-state index contributed by atoms with van der Waals surface area (Å²) in [5, 5.41) is 4.32. The molecule has 1 atom stereocenters. The Morgan fingerprint density at radius 3 is 2.03 bits per heavy atom. The number of hydrogen-bond donors (Lipinski definition) is 1. The van der Waals surface area contributed by atoms with E-state index in [0.29, 0.717) is 16.5 Å². The highest BCUT2D eigenvalue weighted by atomic mass is 35.5. The summed E-state index contributed by atoms with van der Waals surface area (Å²) in [5.74, 6) is -0.291. The van der Waals surface area contributed by atoms with Crippen molar-refractivity contribution >= 4 is 35.0 Å². The minimum atomic E-state index is -0.677. The standard InChI is InChI=1S/C29H30Cl2N2O2/c30-25-16-8-4-12-22(25)19-28(34)33(20-23-13-5-9-17-26(23)31)27(18-21-10-2-1-3-11-21)29(35)32-24-14-6-7-15-24/h1-5,8-13,16-17,24,27H,6-7,14-15,18-20H2,(H,32,35). The molecule has 0 heterocycles. The minimum absolute atomic E-state index is 0.103. The molecule has 4 nitrogen and oxygen atoms in total. The van der Waals surface area contributed by atoms with Crippen molar-refractivity contribution in [3.63, 3.8) is 0 Å². The third-order valence-corrected chi connectivity index (χ3v) is 7.31. The molecule has 0 spiro atoms. The van der Waals surface area contributed by atoms with E-state index in [2.05, 4.69) is 5.32 Å². The highest BCUT2D eigenvalue weighted by Crippen LogP contribution is 2.24. The van der Waals surface area contributed by atoms with Gasteiger partial charge in [-0.3, -0.25) is 9.59 Å². The molecule has 0 aliphatic heterocycles. The first kappa shape index (κ1) is 25.3. The zero-order valence-corrected chi connectivity index (χ0v) is 21.1. The summed E-state index contributed by atoms with van der Waals surface area (Å²) in [5.41, 5.74) is 2.53. The monoisotopic (exact) mass is 508 g/mol. The lowest BCUT2D eigenvalue weighted by Gasteiger charge is -2.33. The summed E-state index contributed by atoms with van der Waals surface area (Å²) in [6.45, 7) is 0.235. The fraction of sp³-hybridized carbons (Fsp3) is 0.310. The van der Waals surface area contributed by atoms with Gasteiger partial charge in [-0.05, 0) is 41.7 Å². The van der Waals surface area contributed by atoms with Gasteiger partial charge in [0, 0.05) is 29.1 Å². The van der Waals surface area contributed by atoms with Crippen LogP contribution in [0.3, 0.4) is 0 Å². The number of nitrogens with one attached hydrogen (secondary N) is 1. The number of benzene rings is 3. The zero-order chi connectivity index (χ0) is 24.6. The van der Waals surface area contributed by atoms with E-state index in [9.17, 15) is 9.59 Å². The Hall–Kier alpha value is -2.82. The molecule has 0 saturated heterocycles. The quantitative estimate of drug-likeness (QED) is 0.372. The summed E-state index contributed by atoms with van der Waals surface area (Å²) in [6, 6.07) is 24.1. The van der Waals surface area contributed by atoms with Crippen LogP contribution in [0.1, 0.15) is 42.4 Å². The molecule has 182 valence electrons. The van der Waals surface area contributed by atoms with Crippen LogP contribution in [0.15, 0.2) is 78.9 Å². The lowest BCUT2D eigenvalue weighted by molar-refractivity contribution is -0.141. The van der Waals surface area contributed by atoms with Gasteiger partial charge >= 0.3 is 0 Å². The van der Waals surface area contributed by atoms with E-state index in [4.69, 9.17) is 23.2 Å². The molecule has 1 aliphatic rings. The normalized spacial score (nSPS) is 14.5. The van der Waals surface area contributed by atoms with Gasteiger partial charge in [-0.2, -0.15) is 0 Å². The Morgan fingerprint density at radius 1 is 0.829 bits per heavy atom. The number of rotatable bonds is 9. The number of carbonyl (C=O) groups is 2. The summed E-state index contributed by atoms with van der Waals surface area (Å²) >= 11 is 12.9. The molecule has 2 amide bonds. The van der Waals surface area contributed by atoms with Crippen LogP contribution in [0.4, 0.5) is 0 Å². The van der Waals surface area contributed by atoms with Crippen LogP contribution < -0.4 is 5.32 Å². The SMILES string of the molecule is O=C(NC1CCCC1)C(Cc1ccccc1)N(Cc1ccccc1Cl)C(=O)Cc1ccccc1Cl. The second kappa shape index (κ2) is 12.2. The Balaban J connectivity index is 1.68. The van der Waals surface area contributed by atoms with Crippen LogP contribution in [0, 0.1) is 0 Å². The second-order valence-corrected chi connectivity index (χ2v) is 9.89. The molecule has 1 N–H and O–H groups in total. The molecule has 0 aromatic heterocycles. The van der Waals surface area contributed by atoms with Crippen LogP contribution in [-0.4, -0.2) is 28.8 Å². The average molecular weight is 509 g/mol. The lowest BCUT2D eigenvalue weighted by Crippen LogP contribution is -2.52. The molecule has 0 radical (unpaired) electrons. The zero-order valence-electron chi connectivity index (χ0n) is 19.6. The Kier molecular flexibility index (Phi) is 8.84. The Labute approximate surface area is 217 Å². The molecule has 1 saturated carbocycles. The predicted octanol–water partition coefficient (Wildman–Crippen LogP) is 6.23. The van der Waals surface area contributed by atoms with Crippen molar-refractivity contribution in [2.24, 2.45) is 0 Å². The lowest BCUT2D eigenvalue weighted by atomic mass is 10.0. The highest BCUT2D eigenvalue weighted by molar-refractivity contribution is 6.31. The molecule has 1 aliphatic carbocycles. The topological polar surface area (TPSA) is 49.4 Å². The van der Waals surface area contributed by atoms with Crippen LogP contribution in [0.25, 0.3) is 0 Å². The van der Waals surface area contributed by atoms with Crippen LogP contribution in [0.2, 0.25) is 10.0 Å². The van der Waals surface area contributed by atoms with Crippen LogP contribution in [0.5, 0.6) is 0 Å². The molecule has 3 aromatic rings. The van der Waals surface area contributed by atoms with Gasteiger partial charge in [0.05, 0.1) is 6.42 Å². The van der Waals surface area contributed by atoms with Gasteiger partial charge in [0.15, 0.2) is 0 Å². The number of amides is 2. The molecule has 4 rings (SSSR count). The summed E-state index contributed by atoms with van der Waals surface area (Å²) < 4.78 is 0. The summed E-state index contributed by atoms with van der Waals surface area (Å²) in [4.78, 5) is 29.1. The van der Waals surface area contributed by atoms with Crippen molar-refractivity contribution in [1.29, 1.82) is 0 Å². The van der Waals surface area contributed by atoms with Crippen molar-refractivity contribution in [2.45, 2.75) is 57.2 Å². The van der Waals surface area contributed by atoms with Gasteiger partial charge in [-0.1, -0.05) is 103 Å².